The highest BCUT2D eigenvalue weighted by atomic mass is 35.5. The van der Waals surface area contributed by atoms with Crippen molar-refractivity contribution in [1.29, 1.82) is 0 Å². The lowest BCUT2D eigenvalue weighted by atomic mass is 10.1. The van der Waals surface area contributed by atoms with E-state index in [0.29, 0.717) is 5.02 Å². The van der Waals surface area contributed by atoms with E-state index in [1.807, 2.05) is 0 Å². The topological polar surface area (TPSA) is 95.8 Å². The Morgan fingerprint density at radius 2 is 2.14 bits per heavy atom. The van der Waals surface area contributed by atoms with E-state index < -0.39 is 21.7 Å². The van der Waals surface area contributed by atoms with E-state index in [1.165, 1.54) is 18.3 Å². The van der Waals surface area contributed by atoms with Gasteiger partial charge in [-0.2, -0.15) is 5.10 Å². The fraction of sp³-hybridized carbons (Fsp3) is 0.333. The van der Waals surface area contributed by atoms with Crippen molar-refractivity contribution in [2.75, 3.05) is 11.5 Å². The number of hydrazone groups is 1. The molecule has 9 heteroatoms. The first-order valence-corrected chi connectivity index (χ1v) is 8.57. The zero-order valence-electron chi connectivity index (χ0n) is 10.7. The van der Waals surface area contributed by atoms with Gasteiger partial charge in [-0.15, -0.1) is 0 Å². The van der Waals surface area contributed by atoms with Gasteiger partial charge in [-0.1, -0.05) is 23.2 Å². The van der Waals surface area contributed by atoms with Gasteiger partial charge in [0.05, 0.1) is 28.7 Å². The Kier molecular flexibility index (Phi) is 4.75. The Labute approximate surface area is 131 Å². The highest BCUT2D eigenvalue weighted by Crippen LogP contribution is 2.29. The first-order valence-electron chi connectivity index (χ1n) is 6.00. The maximum atomic E-state index is 11.7. The molecule has 1 fully saturated rings. The second kappa shape index (κ2) is 6.21. The number of rotatable bonds is 3. The highest BCUT2D eigenvalue weighted by Gasteiger charge is 2.32. The zero-order valence-corrected chi connectivity index (χ0v) is 13.0. The Balaban J connectivity index is 2.02. The molecule has 0 spiro atoms. The molecule has 2 rings (SSSR count). The van der Waals surface area contributed by atoms with Crippen LogP contribution in [-0.2, 0) is 14.6 Å². The van der Waals surface area contributed by atoms with E-state index in [-0.39, 0.29) is 34.3 Å². The summed E-state index contributed by atoms with van der Waals surface area (Å²) >= 11 is 11.5. The molecule has 1 aliphatic heterocycles. The molecular weight excluding hydrogens is 339 g/mol. The van der Waals surface area contributed by atoms with Gasteiger partial charge < -0.3 is 5.11 Å². The van der Waals surface area contributed by atoms with E-state index in [1.54, 1.807) is 0 Å². The molecular formula is C12H12Cl2N2O4S. The lowest BCUT2D eigenvalue weighted by molar-refractivity contribution is -0.124. The minimum atomic E-state index is -3.12. The SMILES string of the molecule is O=C(N/N=C/c1cc(Cl)cc(Cl)c1O)[C@@H]1CCS(=O)(=O)C1. The van der Waals surface area contributed by atoms with Crippen molar-refractivity contribution in [2.45, 2.75) is 6.42 Å². The number of hydrogen-bond donors (Lipinski definition) is 2. The van der Waals surface area contributed by atoms with Crippen LogP contribution in [0.25, 0.3) is 0 Å². The predicted molar refractivity (Wildman–Crippen MR) is 80.6 cm³/mol. The first kappa shape index (κ1) is 16.1. The number of nitrogens with one attached hydrogen (secondary N) is 1. The molecule has 0 aliphatic carbocycles. The maximum absolute atomic E-state index is 11.7. The molecule has 114 valence electrons. The van der Waals surface area contributed by atoms with Crippen molar-refractivity contribution >= 4 is 45.2 Å². The van der Waals surface area contributed by atoms with E-state index in [4.69, 9.17) is 23.2 Å². The number of phenols is 1. The summed E-state index contributed by atoms with van der Waals surface area (Å²) in [6, 6.07) is 2.80. The monoisotopic (exact) mass is 350 g/mol. The Morgan fingerprint density at radius 3 is 2.76 bits per heavy atom. The van der Waals surface area contributed by atoms with Crippen molar-refractivity contribution in [2.24, 2.45) is 11.0 Å². The van der Waals surface area contributed by atoms with Crippen LogP contribution in [0.1, 0.15) is 12.0 Å². The van der Waals surface area contributed by atoms with Crippen molar-refractivity contribution in [3.63, 3.8) is 0 Å². The van der Waals surface area contributed by atoms with Gasteiger partial charge in [-0.25, -0.2) is 13.8 Å². The van der Waals surface area contributed by atoms with E-state index >= 15 is 0 Å². The number of benzene rings is 1. The standard InChI is InChI=1S/C12H12Cl2N2O4S/c13-9-3-8(11(17)10(14)4-9)5-15-16-12(18)7-1-2-21(19,20)6-7/h3-5,7,17H,1-2,6H2,(H,16,18)/b15-5+/t7-/m1/s1. The van der Waals surface area contributed by atoms with Gasteiger partial charge in [0.2, 0.25) is 5.91 Å². The van der Waals surface area contributed by atoms with Gasteiger partial charge in [0.1, 0.15) is 5.75 Å². The summed E-state index contributed by atoms with van der Waals surface area (Å²) in [5.74, 6) is -1.42. The molecule has 1 atom stereocenters. The molecule has 2 N–H and O–H groups in total. The normalized spacial score (nSPS) is 20.8. The molecule has 21 heavy (non-hydrogen) atoms. The molecule has 1 saturated heterocycles. The summed E-state index contributed by atoms with van der Waals surface area (Å²) < 4.78 is 22.6. The summed E-state index contributed by atoms with van der Waals surface area (Å²) in [6.45, 7) is 0. The summed E-state index contributed by atoms with van der Waals surface area (Å²) in [5, 5.41) is 13.8. The summed E-state index contributed by atoms with van der Waals surface area (Å²) in [5.41, 5.74) is 2.49. The molecule has 0 aromatic heterocycles. The van der Waals surface area contributed by atoms with Crippen molar-refractivity contribution in [3.05, 3.63) is 27.7 Å². The average Bonchev–Trinajstić information content (AvgIpc) is 2.75. The fourth-order valence-electron chi connectivity index (χ4n) is 1.94. The second-order valence-electron chi connectivity index (χ2n) is 4.66. The molecule has 1 aromatic carbocycles. The van der Waals surface area contributed by atoms with Gasteiger partial charge in [0.15, 0.2) is 9.84 Å². The van der Waals surface area contributed by atoms with Crippen LogP contribution >= 0.6 is 23.2 Å². The molecule has 1 aliphatic rings. The number of sulfone groups is 1. The lowest BCUT2D eigenvalue weighted by Gasteiger charge is -2.05. The third kappa shape index (κ3) is 4.09. The van der Waals surface area contributed by atoms with Gasteiger partial charge in [0.25, 0.3) is 0 Å². The Bertz CT molecular complexity index is 703. The Morgan fingerprint density at radius 1 is 1.43 bits per heavy atom. The molecule has 0 saturated carbocycles. The minimum Gasteiger partial charge on any atom is -0.506 e. The summed E-state index contributed by atoms with van der Waals surface area (Å²) in [7, 11) is -3.12. The third-order valence-corrected chi connectivity index (χ3v) is 5.31. The van der Waals surface area contributed by atoms with Crippen LogP contribution in [-0.4, -0.2) is 37.2 Å². The van der Waals surface area contributed by atoms with Gasteiger partial charge in [-0.3, -0.25) is 4.79 Å². The van der Waals surface area contributed by atoms with Crippen LogP contribution in [0.15, 0.2) is 17.2 Å². The van der Waals surface area contributed by atoms with Crippen LogP contribution in [0.3, 0.4) is 0 Å². The molecule has 1 amide bonds. The van der Waals surface area contributed by atoms with Crippen molar-refractivity contribution in [3.8, 4) is 5.75 Å². The largest absolute Gasteiger partial charge is 0.506 e. The summed E-state index contributed by atoms with van der Waals surface area (Å²) in [4.78, 5) is 11.7. The number of phenolic OH excluding ortho intramolecular Hbond substituents is 1. The second-order valence-corrected chi connectivity index (χ2v) is 7.73. The first-order chi connectivity index (χ1) is 9.78. The van der Waals surface area contributed by atoms with Crippen LogP contribution in [0.4, 0.5) is 0 Å². The number of amides is 1. The van der Waals surface area contributed by atoms with Crippen LogP contribution in [0, 0.1) is 5.92 Å². The molecule has 1 heterocycles. The van der Waals surface area contributed by atoms with E-state index in [0.717, 1.165) is 0 Å². The number of aromatic hydroxyl groups is 1. The van der Waals surface area contributed by atoms with Gasteiger partial charge in [-0.05, 0) is 18.6 Å². The van der Waals surface area contributed by atoms with Crippen molar-refractivity contribution < 1.29 is 18.3 Å². The third-order valence-electron chi connectivity index (χ3n) is 3.04. The van der Waals surface area contributed by atoms with Gasteiger partial charge >= 0.3 is 0 Å². The number of carbonyl (C=O) groups excluding carboxylic acids is 1. The highest BCUT2D eigenvalue weighted by molar-refractivity contribution is 7.91. The molecule has 0 radical (unpaired) electrons. The molecule has 0 unspecified atom stereocenters. The number of hydrogen-bond acceptors (Lipinski definition) is 5. The predicted octanol–water partition coefficient (Wildman–Crippen LogP) is 1.58. The van der Waals surface area contributed by atoms with E-state index in [2.05, 4.69) is 10.5 Å². The fourth-order valence-corrected chi connectivity index (χ4v) is 4.19. The molecule has 0 bridgehead atoms. The van der Waals surface area contributed by atoms with Crippen LogP contribution in [0.5, 0.6) is 5.75 Å². The quantitative estimate of drug-likeness (QED) is 0.638. The number of nitrogens with zero attached hydrogens (tertiary/aromatic N) is 1. The van der Waals surface area contributed by atoms with E-state index in [9.17, 15) is 18.3 Å². The lowest BCUT2D eigenvalue weighted by Crippen LogP contribution is -2.27. The molecule has 6 nitrogen and oxygen atoms in total. The molecule has 1 aromatic rings. The number of carbonyl (C=O) groups is 1. The van der Waals surface area contributed by atoms with Crippen LogP contribution in [0.2, 0.25) is 10.0 Å². The average molecular weight is 351 g/mol. The minimum absolute atomic E-state index is 0.0134. The maximum Gasteiger partial charge on any atom is 0.244 e. The summed E-state index contributed by atoms with van der Waals surface area (Å²) in [6.07, 6.45) is 1.48. The zero-order chi connectivity index (χ0) is 15.6. The smallest absolute Gasteiger partial charge is 0.244 e. The van der Waals surface area contributed by atoms with Crippen LogP contribution < -0.4 is 5.43 Å². The Hall–Kier alpha value is -1.31. The van der Waals surface area contributed by atoms with Gasteiger partial charge in [0, 0.05) is 10.6 Å². The number of halogens is 2. The van der Waals surface area contributed by atoms with Crippen molar-refractivity contribution in [1.82, 2.24) is 5.43 Å².